The average Bonchev–Trinajstić information content (AvgIpc) is 2.34. The maximum atomic E-state index is 5.80. The molecule has 0 radical (unpaired) electrons. The molecule has 16 heavy (non-hydrogen) atoms. The van der Waals surface area contributed by atoms with Gasteiger partial charge in [-0.2, -0.15) is 12.6 Å². The van der Waals surface area contributed by atoms with Gasteiger partial charge in [0.1, 0.15) is 0 Å². The molecule has 0 aliphatic heterocycles. The number of benzene rings is 1. The van der Waals surface area contributed by atoms with Crippen molar-refractivity contribution in [2.24, 2.45) is 5.73 Å². The summed E-state index contributed by atoms with van der Waals surface area (Å²) in [5.41, 5.74) is 7.26. The Morgan fingerprint density at radius 3 is 2.38 bits per heavy atom. The third-order valence-electron chi connectivity index (χ3n) is 2.87. The summed E-state index contributed by atoms with van der Waals surface area (Å²) in [6.07, 6.45) is 7.48. The van der Waals surface area contributed by atoms with Gasteiger partial charge in [-0.15, -0.1) is 0 Å². The summed E-state index contributed by atoms with van der Waals surface area (Å²) in [7, 11) is 0. The monoisotopic (exact) mass is 237 g/mol. The van der Waals surface area contributed by atoms with Crippen LogP contribution < -0.4 is 5.73 Å². The summed E-state index contributed by atoms with van der Waals surface area (Å²) >= 11 is 4.18. The van der Waals surface area contributed by atoms with Gasteiger partial charge in [-0.05, 0) is 24.8 Å². The predicted octanol–water partition coefficient (Wildman–Crippen LogP) is 3.44. The minimum atomic E-state index is 0.289. The van der Waals surface area contributed by atoms with Crippen LogP contribution in [0.2, 0.25) is 0 Å². The second kappa shape index (κ2) is 8.66. The zero-order valence-corrected chi connectivity index (χ0v) is 10.8. The number of hydrogen-bond acceptors (Lipinski definition) is 2. The third kappa shape index (κ3) is 6.19. The molecule has 1 rings (SSSR count). The lowest BCUT2D eigenvalue weighted by Gasteiger charge is -2.07. The molecule has 0 unspecified atom stereocenters. The highest BCUT2D eigenvalue weighted by molar-refractivity contribution is 7.80. The summed E-state index contributed by atoms with van der Waals surface area (Å²) in [6.45, 7) is 0. The lowest BCUT2D eigenvalue weighted by molar-refractivity contribution is 0.570. The maximum absolute atomic E-state index is 5.80. The fraction of sp³-hybridized carbons (Fsp3) is 0.571. The highest BCUT2D eigenvalue weighted by atomic mass is 32.1. The maximum Gasteiger partial charge on any atom is 0.0127 e. The van der Waals surface area contributed by atoms with Crippen molar-refractivity contribution in [3.63, 3.8) is 0 Å². The molecule has 0 saturated carbocycles. The van der Waals surface area contributed by atoms with Crippen LogP contribution in [0.3, 0.4) is 0 Å². The Kier molecular flexibility index (Phi) is 7.35. The molecule has 0 aliphatic carbocycles. The quantitative estimate of drug-likeness (QED) is 0.526. The van der Waals surface area contributed by atoms with E-state index in [0.717, 1.165) is 12.2 Å². The SMILES string of the molecule is N[C@H](CS)CCCCCCc1ccccc1. The van der Waals surface area contributed by atoms with Crippen LogP contribution in [0.25, 0.3) is 0 Å². The largest absolute Gasteiger partial charge is 0.327 e. The summed E-state index contributed by atoms with van der Waals surface area (Å²) in [5.74, 6) is 0.810. The van der Waals surface area contributed by atoms with Crippen molar-refractivity contribution in [3.05, 3.63) is 35.9 Å². The van der Waals surface area contributed by atoms with E-state index < -0.39 is 0 Å². The van der Waals surface area contributed by atoms with Crippen molar-refractivity contribution in [3.8, 4) is 0 Å². The van der Waals surface area contributed by atoms with Gasteiger partial charge >= 0.3 is 0 Å². The minimum absolute atomic E-state index is 0.289. The van der Waals surface area contributed by atoms with Crippen molar-refractivity contribution < 1.29 is 0 Å². The number of hydrogen-bond donors (Lipinski definition) is 2. The van der Waals surface area contributed by atoms with Crippen LogP contribution in [-0.4, -0.2) is 11.8 Å². The van der Waals surface area contributed by atoms with Crippen LogP contribution in [0.5, 0.6) is 0 Å². The van der Waals surface area contributed by atoms with Gasteiger partial charge in [0.15, 0.2) is 0 Å². The zero-order valence-electron chi connectivity index (χ0n) is 9.94. The predicted molar refractivity (Wildman–Crippen MR) is 75.1 cm³/mol. The Balaban J connectivity index is 1.96. The zero-order chi connectivity index (χ0) is 11.6. The van der Waals surface area contributed by atoms with Gasteiger partial charge in [0.05, 0.1) is 0 Å². The van der Waals surface area contributed by atoms with E-state index in [1.54, 1.807) is 0 Å². The lowest BCUT2D eigenvalue weighted by atomic mass is 10.0. The fourth-order valence-corrected chi connectivity index (χ4v) is 2.01. The van der Waals surface area contributed by atoms with E-state index in [9.17, 15) is 0 Å². The van der Waals surface area contributed by atoms with Crippen molar-refractivity contribution in [2.75, 3.05) is 5.75 Å². The highest BCUT2D eigenvalue weighted by Gasteiger charge is 1.98. The first kappa shape index (κ1) is 13.6. The first-order valence-corrected chi connectivity index (χ1v) is 6.86. The molecule has 0 amide bonds. The second-order valence-corrected chi connectivity index (χ2v) is 4.75. The Morgan fingerprint density at radius 2 is 1.69 bits per heavy atom. The van der Waals surface area contributed by atoms with Gasteiger partial charge in [-0.1, -0.05) is 49.6 Å². The molecule has 0 spiro atoms. The molecule has 1 nitrogen and oxygen atoms in total. The topological polar surface area (TPSA) is 26.0 Å². The Bertz CT molecular complexity index is 261. The average molecular weight is 237 g/mol. The first-order valence-electron chi connectivity index (χ1n) is 6.23. The smallest absolute Gasteiger partial charge is 0.0127 e. The number of aryl methyl sites for hydroxylation is 1. The molecule has 1 aromatic rings. The van der Waals surface area contributed by atoms with Crippen molar-refractivity contribution >= 4 is 12.6 Å². The molecule has 0 heterocycles. The van der Waals surface area contributed by atoms with Crippen LogP contribution >= 0.6 is 12.6 Å². The number of rotatable bonds is 8. The van der Waals surface area contributed by atoms with E-state index in [0.29, 0.717) is 0 Å². The van der Waals surface area contributed by atoms with Crippen LogP contribution in [0.1, 0.15) is 37.7 Å². The van der Waals surface area contributed by atoms with Gasteiger partial charge in [-0.25, -0.2) is 0 Å². The van der Waals surface area contributed by atoms with E-state index in [4.69, 9.17) is 5.73 Å². The van der Waals surface area contributed by atoms with Crippen molar-refractivity contribution in [1.29, 1.82) is 0 Å². The Hall–Kier alpha value is -0.470. The van der Waals surface area contributed by atoms with Gasteiger partial charge in [0.2, 0.25) is 0 Å². The number of nitrogens with two attached hydrogens (primary N) is 1. The molecule has 2 N–H and O–H groups in total. The molecule has 90 valence electrons. The van der Waals surface area contributed by atoms with E-state index in [2.05, 4.69) is 43.0 Å². The minimum Gasteiger partial charge on any atom is -0.327 e. The summed E-state index contributed by atoms with van der Waals surface area (Å²) in [4.78, 5) is 0. The van der Waals surface area contributed by atoms with Gasteiger partial charge in [0.25, 0.3) is 0 Å². The normalized spacial score (nSPS) is 12.6. The summed E-state index contributed by atoms with van der Waals surface area (Å²) in [5, 5.41) is 0. The first-order chi connectivity index (χ1) is 7.83. The molecule has 1 aromatic carbocycles. The standard InChI is InChI=1S/C14H23NS/c15-14(12-16)11-7-2-1-4-8-13-9-5-3-6-10-13/h3,5-6,9-10,14,16H,1-2,4,7-8,11-12,15H2/t14-/m0/s1. The fourth-order valence-electron chi connectivity index (χ4n) is 1.83. The van der Waals surface area contributed by atoms with E-state index >= 15 is 0 Å². The van der Waals surface area contributed by atoms with Gasteiger partial charge < -0.3 is 5.73 Å². The second-order valence-electron chi connectivity index (χ2n) is 4.38. The number of unbranched alkanes of at least 4 members (excludes halogenated alkanes) is 3. The molecule has 0 aliphatic rings. The van der Waals surface area contributed by atoms with E-state index in [1.165, 1.54) is 37.7 Å². The molecular weight excluding hydrogens is 214 g/mol. The summed E-state index contributed by atoms with van der Waals surface area (Å²) in [6, 6.07) is 11.0. The van der Waals surface area contributed by atoms with Crippen LogP contribution in [0.4, 0.5) is 0 Å². The molecule has 0 fully saturated rings. The highest BCUT2D eigenvalue weighted by Crippen LogP contribution is 2.09. The molecule has 0 saturated heterocycles. The molecule has 0 bridgehead atoms. The molecule has 0 aromatic heterocycles. The van der Waals surface area contributed by atoms with Crippen molar-refractivity contribution in [2.45, 2.75) is 44.6 Å². The summed E-state index contributed by atoms with van der Waals surface area (Å²) < 4.78 is 0. The molecular formula is C14H23NS. The van der Waals surface area contributed by atoms with E-state index in [1.807, 2.05) is 0 Å². The Morgan fingerprint density at radius 1 is 1.00 bits per heavy atom. The van der Waals surface area contributed by atoms with E-state index in [-0.39, 0.29) is 6.04 Å². The van der Waals surface area contributed by atoms with Gasteiger partial charge in [-0.3, -0.25) is 0 Å². The third-order valence-corrected chi connectivity index (χ3v) is 3.34. The van der Waals surface area contributed by atoms with Crippen LogP contribution in [-0.2, 0) is 6.42 Å². The van der Waals surface area contributed by atoms with Gasteiger partial charge in [0, 0.05) is 11.8 Å². The molecule has 1 atom stereocenters. The lowest BCUT2D eigenvalue weighted by Crippen LogP contribution is -2.21. The number of thiol groups is 1. The van der Waals surface area contributed by atoms with Crippen LogP contribution in [0.15, 0.2) is 30.3 Å². The Labute approximate surface area is 105 Å². The van der Waals surface area contributed by atoms with Crippen molar-refractivity contribution in [1.82, 2.24) is 0 Å². The van der Waals surface area contributed by atoms with Crippen LogP contribution in [0, 0.1) is 0 Å². The molecule has 2 heteroatoms.